The van der Waals surface area contributed by atoms with Crippen LogP contribution >= 0.6 is 23.2 Å². The number of nitrogens with one attached hydrogen (secondary N) is 1. The number of hydrogen-bond acceptors (Lipinski definition) is 3. The molecule has 4 nitrogen and oxygen atoms in total. The molecule has 0 atom stereocenters. The number of hydrazone groups is 1. The van der Waals surface area contributed by atoms with Crippen LogP contribution in [0.15, 0.2) is 41.5 Å². The fraction of sp³-hybridized carbons (Fsp3) is 0.0667. The van der Waals surface area contributed by atoms with E-state index in [2.05, 4.69) is 10.5 Å². The molecular formula is C15H9Cl2F3N2O2. The third-order valence-corrected chi connectivity index (χ3v) is 3.39. The summed E-state index contributed by atoms with van der Waals surface area (Å²) in [6.07, 6.45) is -3.48. The van der Waals surface area contributed by atoms with Crippen LogP contribution in [0.3, 0.4) is 0 Å². The standard InChI is InChI=1S/C15H9Cl2F3N2O2/c16-11-5-9(13(23)12(17)6-11)7-21-22-14(24)8-2-1-3-10(4-8)15(18,19)20/h1-7,23H,(H,22,24). The molecule has 0 bridgehead atoms. The Bertz CT molecular complexity index is 808. The fourth-order valence-electron chi connectivity index (χ4n) is 1.75. The average Bonchev–Trinajstić information content (AvgIpc) is 2.51. The largest absolute Gasteiger partial charge is 0.506 e. The molecule has 0 aliphatic carbocycles. The Hall–Kier alpha value is -2.25. The van der Waals surface area contributed by atoms with Gasteiger partial charge in [0.15, 0.2) is 0 Å². The Morgan fingerprint density at radius 3 is 2.58 bits per heavy atom. The van der Waals surface area contributed by atoms with Gasteiger partial charge < -0.3 is 5.11 Å². The summed E-state index contributed by atoms with van der Waals surface area (Å²) in [6, 6.07) is 6.56. The molecule has 0 heterocycles. The number of aromatic hydroxyl groups is 1. The molecule has 0 aliphatic heterocycles. The monoisotopic (exact) mass is 376 g/mol. The number of rotatable bonds is 3. The van der Waals surface area contributed by atoms with Gasteiger partial charge in [-0.25, -0.2) is 5.43 Å². The van der Waals surface area contributed by atoms with Crippen molar-refractivity contribution in [1.82, 2.24) is 5.43 Å². The number of phenolic OH excluding ortho intramolecular Hbond substituents is 1. The van der Waals surface area contributed by atoms with Crippen LogP contribution in [0.2, 0.25) is 10.0 Å². The van der Waals surface area contributed by atoms with E-state index in [1.54, 1.807) is 0 Å². The van der Waals surface area contributed by atoms with Crippen molar-refractivity contribution < 1.29 is 23.1 Å². The predicted molar refractivity (Wildman–Crippen MR) is 84.6 cm³/mol. The van der Waals surface area contributed by atoms with Crippen molar-refractivity contribution in [2.24, 2.45) is 5.10 Å². The summed E-state index contributed by atoms with van der Waals surface area (Å²) in [6.45, 7) is 0. The van der Waals surface area contributed by atoms with Gasteiger partial charge in [0.1, 0.15) is 5.75 Å². The third kappa shape index (κ3) is 4.39. The van der Waals surface area contributed by atoms with E-state index in [1.165, 1.54) is 18.2 Å². The molecule has 0 spiro atoms. The third-order valence-electron chi connectivity index (χ3n) is 2.88. The van der Waals surface area contributed by atoms with Crippen molar-refractivity contribution >= 4 is 35.3 Å². The second-order valence-electron chi connectivity index (χ2n) is 4.60. The highest BCUT2D eigenvalue weighted by atomic mass is 35.5. The molecule has 2 aromatic rings. The first-order chi connectivity index (χ1) is 11.2. The van der Waals surface area contributed by atoms with Crippen LogP contribution in [0.4, 0.5) is 13.2 Å². The lowest BCUT2D eigenvalue weighted by Gasteiger charge is -2.07. The number of phenols is 1. The second-order valence-corrected chi connectivity index (χ2v) is 5.45. The smallest absolute Gasteiger partial charge is 0.416 e. The molecule has 9 heteroatoms. The molecular weight excluding hydrogens is 368 g/mol. The molecule has 2 aromatic carbocycles. The van der Waals surface area contributed by atoms with Gasteiger partial charge in [-0.1, -0.05) is 29.3 Å². The van der Waals surface area contributed by atoms with E-state index in [-0.39, 0.29) is 26.9 Å². The predicted octanol–water partition coefficient (Wildman–Crippen LogP) is 4.48. The van der Waals surface area contributed by atoms with E-state index in [0.717, 1.165) is 18.3 Å². The van der Waals surface area contributed by atoms with Crippen LogP contribution in [0.5, 0.6) is 5.75 Å². The van der Waals surface area contributed by atoms with Gasteiger partial charge in [-0.2, -0.15) is 18.3 Å². The molecule has 0 radical (unpaired) electrons. The zero-order valence-electron chi connectivity index (χ0n) is 11.7. The van der Waals surface area contributed by atoms with Crippen LogP contribution in [0.25, 0.3) is 0 Å². The Labute approximate surface area is 144 Å². The van der Waals surface area contributed by atoms with Gasteiger partial charge in [0.2, 0.25) is 0 Å². The highest BCUT2D eigenvalue weighted by Gasteiger charge is 2.30. The lowest BCUT2D eigenvalue weighted by Crippen LogP contribution is -2.18. The maximum atomic E-state index is 12.6. The Kier molecular flexibility index (Phi) is 5.36. The lowest BCUT2D eigenvalue weighted by atomic mass is 10.1. The maximum absolute atomic E-state index is 12.6. The number of nitrogens with zero attached hydrogens (tertiary/aromatic N) is 1. The summed E-state index contributed by atoms with van der Waals surface area (Å²) in [4.78, 5) is 11.8. The molecule has 0 saturated heterocycles. The lowest BCUT2D eigenvalue weighted by molar-refractivity contribution is -0.137. The summed E-state index contributed by atoms with van der Waals surface area (Å²) >= 11 is 11.5. The molecule has 0 saturated carbocycles. The number of carbonyl (C=O) groups is 1. The molecule has 24 heavy (non-hydrogen) atoms. The zero-order valence-corrected chi connectivity index (χ0v) is 13.2. The molecule has 0 unspecified atom stereocenters. The normalized spacial score (nSPS) is 11.7. The molecule has 0 aliphatic rings. The van der Waals surface area contributed by atoms with E-state index in [9.17, 15) is 23.1 Å². The summed E-state index contributed by atoms with van der Waals surface area (Å²) in [5, 5.41) is 13.5. The molecule has 1 amide bonds. The topological polar surface area (TPSA) is 61.7 Å². The molecule has 2 rings (SSSR count). The van der Waals surface area contributed by atoms with E-state index >= 15 is 0 Å². The summed E-state index contributed by atoms with van der Waals surface area (Å²) < 4.78 is 37.8. The van der Waals surface area contributed by atoms with Crippen molar-refractivity contribution in [3.8, 4) is 5.75 Å². The van der Waals surface area contributed by atoms with Gasteiger partial charge in [-0.15, -0.1) is 0 Å². The minimum absolute atomic E-state index is 0.00634. The van der Waals surface area contributed by atoms with Crippen LogP contribution < -0.4 is 5.43 Å². The first kappa shape index (κ1) is 18.1. The van der Waals surface area contributed by atoms with Gasteiger partial charge in [0, 0.05) is 16.1 Å². The highest BCUT2D eigenvalue weighted by molar-refractivity contribution is 6.36. The average molecular weight is 377 g/mol. The second kappa shape index (κ2) is 7.11. The van der Waals surface area contributed by atoms with Gasteiger partial charge in [-0.05, 0) is 30.3 Å². The van der Waals surface area contributed by atoms with E-state index in [1.807, 2.05) is 0 Å². The number of benzene rings is 2. The first-order valence-corrected chi connectivity index (χ1v) is 7.13. The van der Waals surface area contributed by atoms with Crippen molar-refractivity contribution in [2.75, 3.05) is 0 Å². The number of alkyl halides is 3. The van der Waals surface area contributed by atoms with Crippen molar-refractivity contribution in [1.29, 1.82) is 0 Å². The van der Waals surface area contributed by atoms with Gasteiger partial charge in [0.05, 0.1) is 16.8 Å². The number of amides is 1. The number of hydrogen-bond donors (Lipinski definition) is 2. The first-order valence-electron chi connectivity index (χ1n) is 6.37. The van der Waals surface area contributed by atoms with E-state index < -0.39 is 17.6 Å². The van der Waals surface area contributed by atoms with Crippen LogP contribution in [0.1, 0.15) is 21.5 Å². The van der Waals surface area contributed by atoms with Gasteiger partial charge >= 0.3 is 6.18 Å². The Morgan fingerprint density at radius 1 is 1.21 bits per heavy atom. The molecule has 0 fully saturated rings. The van der Waals surface area contributed by atoms with E-state index in [4.69, 9.17) is 23.2 Å². The van der Waals surface area contributed by atoms with E-state index in [0.29, 0.717) is 6.07 Å². The minimum Gasteiger partial charge on any atom is -0.506 e. The van der Waals surface area contributed by atoms with Crippen molar-refractivity contribution in [2.45, 2.75) is 6.18 Å². The SMILES string of the molecule is O=C(NN=Cc1cc(Cl)cc(Cl)c1O)c1cccc(C(F)(F)F)c1. The summed E-state index contributed by atoms with van der Waals surface area (Å²) in [5.74, 6) is -1.14. The number of halogens is 5. The zero-order chi connectivity index (χ0) is 17.9. The Balaban J connectivity index is 2.14. The number of carbonyl (C=O) groups excluding carboxylic acids is 1. The van der Waals surface area contributed by atoms with Crippen molar-refractivity contribution in [3.63, 3.8) is 0 Å². The molecule has 126 valence electrons. The minimum atomic E-state index is -4.55. The highest BCUT2D eigenvalue weighted by Crippen LogP contribution is 2.30. The van der Waals surface area contributed by atoms with Gasteiger partial charge in [-0.3, -0.25) is 4.79 Å². The summed E-state index contributed by atoms with van der Waals surface area (Å²) in [7, 11) is 0. The van der Waals surface area contributed by atoms with Crippen LogP contribution in [-0.2, 0) is 6.18 Å². The Morgan fingerprint density at radius 2 is 1.92 bits per heavy atom. The fourth-order valence-corrected chi connectivity index (χ4v) is 2.26. The van der Waals surface area contributed by atoms with Gasteiger partial charge in [0.25, 0.3) is 5.91 Å². The molecule has 2 N–H and O–H groups in total. The molecule has 0 aromatic heterocycles. The maximum Gasteiger partial charge on any atom is 0.416 e. The summed E-state index contributed by atoms with van der Waals surface area (Å²) in [5.41, 5.74) is 1.04. The van der Waals surface area contributed by atoms with Crippen LogP contribution in [-0.4, -0.2) is 17.2 Å². The quantitative estimate of drug-likeness (QED) is 0.612. The van der Waals surface area contributed by atoms with Crippen LogP contribution in [0, 0.1) is 0 Å². The van der Waals surface area contributed by atoms with Crippen molar-refractivity contribution in [3.05, 3.63) is 63.1 Å².